The van der Waals surface area contributed by atoms with Gasteiger partial charge in [-0.2, -0.15) is 0 Å². The number of aryl methyl sites for hydroxylation is 2. The van der Waals surface area contributed by atoms with Crippen LogP contribution < -0.4 is 4.90 Å². The fourth-order valence-electron chi connectivity index (χ4n) is 2.41. The molecule has 0 spiro atoms. The van der Waals surface area contributed by atoms with Crippen molar-refractivity contribution in [1.82, 2.24) is 0 Å². The van der Waals surface area contributed by atoms with E-state index in [4.69, 9.17) is 0 Å². The summed E-state index contributed by atoms with van der Waals surface area (Å²) in [5.74, 6) is 0. The molecule has 0 aliphatic carbocycles. The molecule has 0 fully saturated rings. The van der Waals surface area contributed by atoms with Crippen LogP contribution in [-0.2, 0) is 0 Å². The Kier molecular flexibility index (Phi) is 13.2. The van der Waals surface area contributed by atoms with Crippen molar-refractivity contribution in [3.8, 4) is 0 Å². The summed E-state index contributed by atoms with van der Waals surface area (Å²) in [6, 6.07) is 27.8. The van der Waals surface area contributed by atoms with Crippen LogP contribution in [0.2, 0.25) is 0 Å². The van der Waals surface area contributed by atoms with Gasteiger partial charge in [0.25, 0.3) is 0 Å². The van der Waals surface area contributed by atoms with Gasteiger partial charge in [0, 0.05) is 17.1 Å². The number of rotatable bonds is 3. The van der Waals surface area contributed by atoms with Crippen LogP contribution in [0.4, 0.5) is 17.1 Å². The Bertz CT molecular complexity index is 652. The summed E-state index contributed by atoms with van der Waals surface area (Å²) in [5, 5.41) is 0. The molecule has 0 atom stereocenters. The maximum atomic E-state index is 2.28. The first-order chi connectivity index (χ1) is 13.2. The lowest BCUT2D eigenvalue weighted by atomic mass is 10.1. The second kappa shape index (κ2) is 14.6. The van der Waals surface area contributed by atoms with Crippen molar-refractivity contribution in [1.29, 1.82) is 0 Å². The second-order valence-corrected chi connectivity index (χ2v) is 5.34. The zero-order valence-electron chi connectivity index (χ0n) is 18.5. The van der Waals surface area contributed by atoms with Crippen molar-refractivity contribution in [2.75, 3.05) is 4.90 Å². The zero-order valence-corrected chi connectivity index (χ0v) is 18.5. The molecule has 3 aromatic rings. The zero-order chi connectivity index (χ0) is 20.7. The van der Waals surface area contributed by atoms with E-state index in [1.807, 2.05) is 47.6 Å². The lowest BCUT2D eigenvalue weighted by Gasteiger charge is -2.25. The molecular weight excluding hydrogens is 326 g/mol. The highest BCUT2D eigenvalue weighted by molar-refractivity contribution is 5.76. The van der Waals surface area contributed by atoms with Gasteiger partial charge in [-0.1, -0.05) is 95.1 Å². The summed E-state index contributed by atoms with van der Waals surface area (Å²) >= 11 is 0. The number of hydrogen-bond donors (Lipinski definition) is 0. The molecule has 0 amide bonds. The van der Waals surface area contributed by atoms with E-state index >= 15 is 0 Å². The van der Waals surface area contributed by atoms with Gasteiger partial charge in [-0.15, -0.1) is 0 Å². The Hall–Kier alpha value is -2.54. The van der Waals surface area contributed by atoms with E-state index in [-0.39, 0.29) is 0 Å². The number of benzene rings is 3. The fourth-order valence-corrected chi connectivity index (χ4v) is 2.41. The van der Waals surface area contributed by atoms with Gasteiger partial charge in [0.05, 0.1) is 0 Å². The molecule has 0 aromatic heterocycles. The molecule has 0 saturated heterocycles. The topological polar surface area (TPSA) is 3.24 Å². The van der Waals surface area contributed by atoms with Crippen molar-refractivity contribution in [3.63, 3.8) is 0 Å². The highest BCUT2D eigenvalue weighted by atomic mass is 15.1. The third-order valence-electron chi connectivity index (χ3n) is 3.60. The molecule has 1 nitrogen and oxygen atoms in total. The average Bonchev–Trinajstić information content (AvgIpc) is 2.76. The minimum absolute atomic E-state index is 1.17. The lowest BCUT2D eigenvalue weighted by Crippen LogP contribution is -2.09. The molecule has 27 heavy (non-hydrogen) atoms. The molecule has 0 aliphatic heterocycles. The minimum Gasteiger partial charge on any atom is -0.311 e. The average molecular weight is 364 g/mol. The molecule has 0 radical (unpaired) electrons. The van der Waals surface area contributed by atoms with E-state index in [0.717, 1.165) is 0 Å². The van der Waals surface area contributed by atoms with Gasteiger partial charge >= 0.3 is 0 Å². The van der Waals surface area contributed by atoms with E-state index in [9.17, 15) is 0 Å². The molecule has 0 heterocycles. The number of hydrogen-bond acceptors (Lipinski definition) is 1. The number of para-hydroxylation sites is 1. The van der Waals surface area contributed by atoms with Crippen LogP contribution in [0.25, 0.3) is 0 Å². The van der Waals surface area contributed by atoms with Crippen LogP contribution in [0.3, 0.4) is 0 Å². The van der Waals surface area contributed by atoms with Gasteiger partial charge in [-0.05, 0) is 50.2 Å². The fraction of sp³-hybridized carbons (Fsp3) is 0.308. The summed E-state index contributed by atoms with van der Waals surface area (Å²) < 4.78 is 0. The summed E-state index contributed by atoms with van der Waals surface area (Å²) in [5.41, 5.74) is 6.07. The molecule has 0 unspecified atom stereocenters. The van der Waals surface area contributed by atoms with Crippen LogP contribution in [0.1, 0.15) is 52.7 Å². The molecule has 146 valence electrons. The molecule has 0 aliphatic rings. The number of anilines is 3. The molecule has 0 saturated carbocycles. The van der Waals surface area contributed by atoms with E-state index in [1.165, 1.54) is 28.2 Å². The largest absolute Gasteiger partial charge is 0.311 e. The SMILES string of the molecule is CC.CC.CC.Cc1ccc(N(c2ccccc2)c2ccc(C)cc2)cc1. The summed E-state index contributed by atoms with van der Waals surface area (Å²) in [7, 11) is 0. The Balaban J connectivity index is 0.00000103. The monoisotopic (exact) mass is 363 g/mol. The highest BCUT2D eigenvalue weighted by Crippen LogP contribution is 2.34. The van der Waals surface area contributed by atoms with Crippen LogP contribution in [0, 0.1) is 13.8 Å². The normalized spacial score (nSPS) is 8.74. The summed E-state index contributed by atoms with van der Waals surface area (Å²) in [6.07, 6.45) is 0. The number of nitrogens with zero attached hydrogens (tertiary/aromatic N) is 1. The Morgan fingerprint density at radius 1 is 0.407 bits per heavy atom. The first-order valence-electron chi connectivity index (χ1n) is 10.2. The Morgan fingerprint density at radius 2 is 0.704 bits per heavy atom. The summed E-state index contributed by atoms with van der Waals surface area (Å²) in [6.45, 7) is 16.2. The first-order valence-corrected chi connectivity index (χ1v) is 10.2. The van der Waals surface area contributed by atoms with E-state index in [2.05, 4.69) is 91.5 Å². The molecule has 3 rings (SSSR count). The highest BCUT2D eigenvalue weighted by Gasteiger charge is 2.11. The lowest BCUT2D eigenvalue weighted by molar-refractivity contribution is 1.27. The van der Waals surface area contributed by atoms with Crippen molar-refractivity contribution in [2.24, 2.45) is 0 Å². The second-order valence-electron chi connectivity index (χ2n) is 5.34. The van der Waals surface area contributed by atoms with Gasteiger partial charge < -0.3 is 4.90 Å². The van der Waals surface area contributed by atoms with E-state index < -0.39 is 0 Å². The van der Waals surface area contributed by atoms with Crippen molar-refractivity contribution < 1.29 is 0 Å². The van der Waals surface area contributed by atoms with Crippen LogP contribution in [-0.4, -0.2) is 0 Å². The standard InChI is InChI=1S/C20H19N.3C2H6/c1-16-8-12-19(13-9-16)21(18-6-4-3-5-7-18)20-14-10-17(2)11-15-20;3*1-2/h3-15H,1-2H3;3*1-2H3. The first kappa shape index (κ1) is 24.5. The molecule has 1 heteroatoms. The van der Waals surface area contributed by atoms with Crippen molar-refractivity contribution in [2.45, 2.75) is 55.4 Å². The summed E-state index contributed by atoms with van der Waals surface area (Å²) in [4.78, 5) is 2.28. The Morgan fingerprint density at radius 3 is 1.04 bits per heavy atom. The quantitative estimate of drug-likeness (QED) is 0.449. The van der Waals surface area contributed by atoms with Gasteiger partial charge in [-0.25, -0.2) is 0 Å². The molecule has 0 N–H and O–H groups in total. The Labute approximate surface area is 167 Å². The maximum Gasteiger partial charge on any atom is 0.0461 e. The van der Waals surface area contributed by atoms with Crippen LogP contribution in [0.15, 0.2) is 78.9 Å². The predicted octanol–water partition coefficient (Wildman–Crippen LogP) is 8.85. The van der Waals surface area contributed by atoms with E-state index in [0.29, 0.717) is 0 Å². The van der Waals surface area contributed by atoms with Gasteiger partial charge in [0.1, 0.15) is 0 Å². The van der Waals surface area contributed by atoms with Crippen molar-refractivity contribution in [3.05, 3.63) is 90.0 Å². The predicted molar refractivity (Wildman–Crippen MR) is 125 cm³/mol. The van der Waals surface area contributed by atoms with Gasteiger partial charge in [0.15, 0.2) is 0 Å². The van der Waals surface area contributed by atoms with E-state index in [1.54, 1.807) is 0 Å². The van der Waals surface area contributed by atoms with Crippen LogP contribution >= 0.6 is 0 Å². The van der Waals surface area contributed by atoms with Gasteiger partial charge in [0.2, 0.25) is 0 Å². The third-order valence-corrected chi connectivity index (χ3v) is 3.60. The van der Waals surface area contributed by atoms with Crippen LogP contribution in [0.5, 0.6) is 0 Å². The van der Waals surface area contributed by atoms with Crippen molar-refractivity contribution >= 4 is 17.1 Å². The van der Waals surface area contributed by atoms with Gasteiger partial charge in [-0.3, -0.25) is 0 Å². The minimum atomic E-state index is 1.17. The molecular formula is C26H37N. The molecule has 0 bridgehead atoms. The smallest absolute Gasteiger partial charge is 0.0461 e. The third kappa shape index (κ3) is 7.70. The maximum absolute atomic E-state index is 2.28. The molecule has 3 aromatic carbocycles.